The largest absolute Gasteiger partial charge is 0.383 e. The zero-order valence-corrected chi connectivity index (χ0v) is 17.4. The van der Waals surface area contributed by atoms with Crippen LogP contribution in [0, 0.1) is 13.8 Å². The number of nitrogens with two attached hydrogens (primary N) is 1. The molecule has 0 aliphatic heterocycles. The molecule has 160 valence electrons. The number of aromatic nitrogens is 1. The normalized spacial score (nSPS) is 12.6. The molecule has 3 amide bonds. The molecule has 12 heteroatoms. The number of aryl methyl sites for hydroxylation is 2. The highest BCUT2D eigenvalue weighted by Crippen LogP contribution is 2.19. The Hall–Kier alpha value is -2.18. The Morgan fingerprint density at radius 1 is 1.21 bits per heavy atom. The number of urea groups is 1. The minimum atomic E-state index is -3.98. The Bertz CT molecular complexity index is 736. The molecule has 0 unspecified atom stereocenters. The van der Waals surface area contributed by atoms with E-state index < -0.39 is 39.3 Å². The summed E-state index contributed by atoms with van der Waals surface area (Å²) in [7, 11) is -1.01. The lowest BCUT2D eigenvalue weighted by molar-refractivity contribution is -0.118. The molecule has 11 nitrogen and oxygen atoms in total. The first kappa shape index (κ1) is 23.9. The van der Waals surface area contributed by atoms with Gasteiger partial charge >= 0.3 is 6.03 Å². The molecular weight excluding hydrogens is 392 g/mol. The molecule has 1 atom stereocenters. The second-order valence-corrected chi connectivity index (χ2v) is 8.37. The van der Waals surface area contributed by atoms with Gasteiger partial charge in [0.2, 0.25) is 5.91 Å². The van der Waals surface area contributed by atoms with Crippen molar-refractivity contribution in [2.75, 3.05) is 40.5 Å². The lowest BCUT2D eigenvalue weighted by atomic mass is 10.2. The first-order valence-corrected chi connectivity index (χ1v) is 10.3. The van der Waals surface area contributed by atoms with Crippen LogP contribution in [0.25, 0.3) is 0 Å². The highest BCUT2D eigenvalue weighted by Gasteiger charge is 2.32. The number of primary amides is 1. The van der Waals surface area contributed by atoms with E-state index in [2.05, 4.69) is 10.5 Å². The standard InChI is InChI=1S/C16H28N4O7S/c1-11-13(12(2)27-19-11)10-28(23,24)15(9-14(17)21)18-16(22)20(5-7-25-3)6-8-26-4/h15H,5-10H2,1-4H3,(H2,17,21)(H,18,22)/t15-/m1/s1. The fourth-order valence-electron chi connectivity index (χ4n) is 2.41. The van der Waals surface area contributed by atoms with E-state index in [-0.39, 0.29) is 26.3 Å². The number of carbonyl (C=O) groups is 2. The number of nitrogens with one attached hydrogen (secondary N) is 1. The Labute approximate surface area is 164 Å². The van der Waals surface area contributed by atoms with Crippen LogP contribution >= 0.6 is 0 Å². The fraction of sp³-hybridized carbons (Fsp3) is 0.688. The molecule has 1 rings (SSSR count). The molecule has 3 N–H and O–H groups in total. The zero-order chi connectivity index (χ0) is 21.3. The van der Waals surface area contributed by atoms with Gasteiger partial charge in [-0.1, -0.05) is 5.16 Å². The third-order valence-electron chi connectivity index (χ3n) is 4.05. The monoisotopic (exact) mass is 420 g/mol. The minimum Gasteiger partial charge on any atom is -0.383 e. The molecule has 0 fully saturated rings. The SMILES string of the molecule is COCCN(CCOC)C(=O)N[C@@H](CC(N)=O)S(=O)(=O)Cc1c(C)noc1C. The van der Waals surface area contributed by atoms with Crippen molar-refractivity contribution in [3.63, 3.8) is 0 Å². The Morgan fingerprint density at radius 3 is 2.21 bits per heavy atom. The average molecular weight is 420 g/mol. The first-order chi connectivity index (χ1) is 13.1. The molecule has 0 saturated heterocycles. The van der Waals surface area contributed by atoms with Gasteiger partial charge in [-0.25, -0.2) is 13.2 Å². The van der Waals surface area contributed by atoms with E-state index in [0.29, 0.717) is 17.0 Å². The number of ether oxygens (including phenoxy) is 2. The van der Waals surface area contributed by atoms with E-state index in [4.69, 9.17) is 19.7 Å². The second kappa shape index (κ2) is 11.0. The molecule has 0 aromatic carbocycles. The molecule has 1 heterocycles. The van der Waals surface area contributed by atoms with Gasteiger partial charge in [-0.2, -0.15) is 0 Å². The van der Waals surface area contributed by atoms with Gasteiger partial charge in [0.15, 0.2) is 9.84 Å². The van der Waals surface area contributed by atoms with Crippen molar-refractivity contribution in [3.8, 4) is 0 Å². The summed E-state index contributed by atoms with van der Waals surface area (Å²) in [5, 5.41) is 4.63. The fourth-order valence-corrected chi connectivity index (χ4v) is 4.12. The number of sulfone groups is 1. The summed E-state index contributed by atoms with van der Waals surface area (Å²) in [5.41, 5.74) is 6.01. The molecule has 1 aromatic rings. The number of nitrogens with zero attached hydrogens (tertiary/aromatic N) is 2. The van der Waals surface area contributed by atoms with Crippen LogP contribution in [0.1, 0.15) is 23.4 Å². The molecule has 28 heavy (non-hydrogen) atoms. The summed E-state index contributed by atoms with van der Waals surface area (Å²) in [6, 6.07) is -0.664. The highest BCUT2D eigenvalue weighted by molar-refractivity contribution is 7.91. The van der Waals surface area contributed by atoms with E-state index in [1.807, 2.05) is 0 Å². The Balaban J connectivity index is 3.01. The summed E-state index contributed by atoms with van der Waals surface area (Å²) in [6.07, 6.45) is -0.556. The van der Waals surface area contributed by atoms with Gasteiger partial charge in [0, 0.05) is 32.9 Å². The predicted octanol–water partition coefficient (Wildman–Crippen LogP) is -0.288. The molecule has 0 aliphatic carbocycles. The second-order valence-electron chi connectivity index (χ2n) is 6.19. The lowest BCUT2D eigenvalue weighted by Gasteiger charge is -2.26. The Morgan fingerprint density at radius 2 is 1.79 bits per heavy atom. The van der Waals surface area contributed by atoms with Crippen LogP contribution in [0.2, 0.25) is 0 Å². The van der Waals surface area contributed by atoms with Crippen molar-refractivity contribution in [3.05, 3.63) is 17.0 Å². The van der Waals surface area contributed by atoms with Crippen LogP contribution in [-0.2, 0) is 29.9 Å². The third-order valence-corrected chi connectivity index (χ3v) is 5.89. The summed E-state index contributed by atoms with van der Waals surface area (Å²) < 4.78 is 40.6. The van der Waals surface area contributed by atoms with Crippen molar-refractivity contribution < 1.29 is 32.0 Å². The number of methoxy groups -OCH3 is 2. The van der Waals surface area contributed by atoms with Gasteiger partial charge in [0.1, 0.15) is 11.1 Å². The van der Waals surface area contributed by atoms with Gasteiger partial charge in [0.05, 0.1) is 31.1 Å². The Kier molecular flexibility index (Phi) is 9.35. The predicted molar refractivity (Wildman–Crippen MR) is 100 cm³/mol. The summed E-state index contributed by atoms with van der Waals surface area (Å²) in [5.74, 6) is -0.942. The number of rotatable bonds is 12. The van der Waals surface area contributed by atoms with Gasteiger partial charge in [0.25, 0.3) is 0 Å². The quantitative estimate of drug-likeness (QED) is 0.468. The van der Waals surface area contributed by atoms with Gasteiger partial charge in [-0.05, 0) is 13.8 Å². The van der Waals surface area contributed by atoms with Crippen molar-refractivity contribution in [1.82, 2.24) is 15.4 Å². The molecule has 0 radical (unpaired) electrons. The van der Waals surface area contributed by atoms with Crippen LogP contribution in [-0.4, -0.2) is 76.3 Å². The van der Waals surface area contributed by atoms with Crippen molar-refractivity contribution in [1.29, 1.82) is 0 Å². The van der Waals surface area contributed by atoms with Crippen molar-refractivity contribution >= 4 is 21.8 Å². The maximum atomic E-state index is 12.9. The van der Waals surface area contributed by atoms with Crippen molar-refractivity contribution in [2.24, 2.45) is 5.73 Å². The van der Waals surface area contributed by atoms with E-state index in [1.165, 1.54) is 19.1 Å². The number of carbonyl (C=O) groups excluding carboxylic acids is 2. The van der Waals surface area contributed by atoms with Gasteiger partial charge in [-0.15, -0.1) is 0 Å². The van der Waals surface area contributed by atoms with E-state index >= 15 is 0 Å². The summed E-state index contributed by atoms with van der Waals surface area (Å²) in [4.78, 5) is 25.3. The van der Waals surface area contributed by atoms with Crippen LogP contribution in [0.15, 0.2) is 4.52 Å². The highest BCUT2D eigenvalue weighted by atomic mass is 32.2. The van der Waals surface area contributed by atoms with Crippen molar-refractivity contribution in [2.45, 2.75) is 31.4 Å². The van der Waals surface area contributed by atoms with E-state index in [9.17, 15) is 18.0 Å². The van der Waals surface area contributed by atoms with Crippen LogP contribution in [0.3, 0.4) is 0 Å². The minimum absolute atomic E-state index is 0.221. The topological polar surface area (TPSA) is 154 Å². The van der Waals surface area contributed by atoms with E-state index in [0.717, 1.165) is 0 Å². The molecule has 0 aliphatic rings. The maximum Gasteiger partial charge on any atom is 0.318 e. The number of hydrogen-bond acceptors (Lipinski definition) is 8. The zero-order valence-electron chi connectivity index (χ0n) is 16.6. The molecule has 0 bridgehead atoms. The summed E-state index contributed by atoms with van der Waals surface area (Å²) >= 11 is 0. The maximum absolute atomic E-state index is 12.9. The molecule has 0 saturated carbocycles. The van der Waals surface area contributed by atoms with E-state index in [1.54, 1.807) is 13.8 Å². The lowest BCUT2D eigenvalue weighted by Crippen LogP contribution is -2.51. The molecule has 1 aromatic heterocycles. The van der Waals surface area contributed by atoms with Gasteiger partial charge < -0.3 is 29.9 Å². The molecule has 0 spiro atoms. The first-order valence-electron chi connectivity index (χ1n) is 8.57. The summed E-state index contributed by atoms with van der Waals surface area (Å²) in [6.45, 7) is 4.15. The average Bonchev–Trinajstić information content (AvgIpc) is 2.92. The number of hydrogen-bond donors (Lipinski definition) is 2. The smallest absolute Gasteiger partial charge is 0.318 e. The molecular formula is C16H28N4O7S. The number of amides is 3. The van der Waals surface area contributed by atoms with Crippen LogP contribution in [0.4, 0.5) is 4.79 Å². The van der Waals surface area contributed by atoms with Crippen LogP contribution < -0.4 is 11.1 Å². The third kappa shape index (κ3) is 7.09. The van der Waals surface area contributed by atoms with Gasteiger partial charge in [-0.3, -0.25) is 4.79 Å². The van der Waals surface area contributed by atoms with Crippen LogP contribution in [0.5, 0.6) is 0 Å².